The zero-order chi connectivity index (χ0) is 20.2. The first-order valence-electron chi connectivity index (χ1n) is 7.77. The van der Waals surface area contributed by atoms with Crippen LogP contribution in [-0.2, 0) is 17.2 Å². The molecule has 3 rings (SSSR count). The number of nitrogens with zero attached hydrogens (tertiary/aromatic N) is 2. The van der Waals surface area contributed by atoms with E-state index in [1.165, 1.54) is 25.3 Å². The minimum Gasteiger partial charge on any atom is -0.744 e. The van der Waals surface area contributed by atoms with E-state index in [1.807, 2.05) is 20.0 Å². The SMILES string of the molecule is COc1cc2c([N+](=O)[O-])cccc2[n+](C)c1.Cc1ccc(S(=O)(=O)[O-])cc1. The number of nitro benzene ring substituents is 1. The summed E-state index contributed by atoms with van der Waals surface area (Å²) in [6.45, 7) is 1.82. The number of aromatic nitrogens is 1. The van der Waals surface area contributed by atoms with E-state index in [-0.39, 0.29) is 15.5 Å². The number of aryl methyl sites for hydroxylation is 2. The van der Waals surface area contributed by atoms with Crippen LogP contribution in [0.15, 0.2) is 59.6 Å². The normalized spacial score (nSPS) is 10.8. The van der Waals surface area contributed by atoms with E-state index in [0.717, 1.165) is 11.1 Å². The van der Waals surface area contributed by atoms with Crippen LogP contribution in [0.2, 0.25) is 0 Å². The third-order valence-corrected chi connectivity index (χ3v) is 4.64. The Morgan fingerprint density at radius 3 is 2.26 bits per heavy atom. The molecule has 0 saturated heterocycles. The molecule has 1 heterocycles. The second-order valence-electron chi connectivity index (χ2n) is 5.73. The molecule has 8 nitrogen and oxygen atoms in total. The van der Waals surface area contributed by atoms with E-state index in [0.29, 0.717) is 11.1 Å². The summed E-state index contributed by atoms with van der Waals surface area (Å²) in [6, 6.07) is 12.5. The molecule has 142 valence electrons. The van der Waals surface area contributed by atoms with Gasteiger partial charge < -0.3 is 9.29 Å². The molecule has 0 atom stereocenters. The Morgan fingerprint density at radius 1 is 1.11 bits per heavy atom. The van der Waals surface area contributed by atoms with E-state index in [2.05, 4.69) is 0 Å². The quantitative estimate of drug-likeness (QED) is 0.294. The minimum atomic E-state index is -4.27. The summed E-state index contributed by atoms with van der Waals surface area (Å²) >= 11 is 0. The number of hydrogen-bond acceptors (Lipinski definition) is 6. The van der Waals surface area contributed by atoms with Gasteiger partial charge in [-0.25, -0.2) is 8.42 Å². The van der Waals surface area contributed by atoms with Gasteiger partial charge in [-0.2, -0.15) is 4.57 Å². The number of methoxy groups -OCH3 is 1. The summed E-state index contributed by atoms with van der Waals surface area (Å²) in [5, 5.41) is 11.5. The largest absolute Gasteiger partial charge is 0.744 e. The van der Waals surface area contributed by atoms with Crippen LogP contribution in [0.4, 0.5) is 5.69 Å². The highest BCUT2D eigenvalue weighted by atomic mass is 32.2. The maximum Gasteiger partial charge on any atom is 0.283 e. The van der Waals surface area contributed by atoms with Crippen molar-refractivity contribution in [2.24, 2.45) is 7.05 Å². The molecule has 2 aromatic carbocycles. The van der Waals surface area contributed by atoms with E-state index in [9.17, 15) is 23.1 Å². The van der Waals surface area contributed by atoms with Gasteiger partial charge in [0.05, 0.1) is 16.9 Å². The lowest BCUT2D eigenvalue weighted by atomic mass is 10.2. The first-order chi connectivity index (χ1) is 12.6. The van der Waals surface area contributed by atoms with Crippen molar-refractivity contribution in [3.8, 4) is 5.75 Å². The fraction of sp³-hybridized carbons (Fsp3) is 0.167. The number of nitro groups is 1. The number of pyridine rings is 1. The molecule has 0 amide bonds. The molecule has 0 aliphatic heterocycles. The topological polar surface area (TPSA) is 113 Å². The van der Waals surface area contributed by atoms with E-state index in [1.54, 1.807) is 35.0 Å². The Kier molecular flexibility index (Phi) is 6.09. The lowest BCUT2D eigenvalue weighted by Crippen LogP contribution is -2.28. The van der Waals surface area contributed by atoms with Crippen LogP contribution in [0.25, 0.3) is 10.9 Å². The molecular weight excluding hydrogens is 372 g/mol. The third kappa shape index (κ3) is 4.99. The summed E-state index contributed by atoms with van der Waals surface area (Å²) in [4.78, 5) is 10.3. The lowest BCUT2D eigenvalue weighted by Gasteiger charge is -2.05. The molecule has 0 spiro atoms. The monoisotopic (exact) mass is 390 g/mol. The van der Waals surface area contributed by atoms with Crippen molar-refractivity contribution in [2.75, 3.05) is 7.11 Å². The first-order valence-corrected chi connectivity index (χ1v) is 9.17. The Hall–Kier alpha value is -3.04. The molecule has 0 saturated carbocycles. The summed E-state index contributed by atoms with van der Waals surface area (Å²) < 4.78 is 38.1. The minimum absolute atomic E-state index is 0.0898. The highest BCUT2D eigenvalue weighted by Crippen LogP contribution is 2.25. The van der Waals surface area contributed by atoms with Gasteiger partial charge in [0.15, 0.2) is 5.75 Å². The van der Waals surface area contributed by atoms with Gasteiger partial charge in [-0.15, -0.1) is 0 Å². The van der Waals surface area contributed by atoms with Crippen molar-refractivity contribution in [1.29, 1.82) is 0 Å². The number of non-ortho nitro benzene ring substituents is 1. The highest BCUT2D eigenvalue weighted by Gasteiger charge is 2.18. The predicted molar refractivity (Wildman–Crippen MR) is 97.5 cm³/mol. The van der Waals surface area contributed by atoms with Crippen LogP contribution in [0, 0.1) is 17.0 Å². The van der Waals surface area contributed by atoms with Gasteiger partial charge in [0.2, 0.25) is 11.7 Å². The molecule has 3 aromatic rings. The van der Waals surface area contributed by atoms with Gasteiger partial charge in [-0.05, 0) is 25.1 Å². The van der Waals surface area contributed by atoms with Crippen molar-refractivity contribution in [3.05, 3.63) is 70.4 Å². The van der Waals surface area contributed by atoms with Crippen LogP contribution < -0.4 is 9.30 Å². The summed E-state index contributed by atoms with van der Waals surface area (Å²) in [5.41, 5.74) is 1.82. The number of rotatable bonds is 3. The predicted octanol–water partition coefficient (Wildman–Crippen LogP) is 2.48. The first kappa shape index (κ1) is 20.3. The second kappa shape index (κ2) is 8.11. The van der Waals surface area contributed by atoms with Crippen molar-refractivity contribution in [3.63, 3.8) is 0 Å². The molecule has 0 aliphatic carbocycles. The maximum absolute atomic E-state index is 10.9. The van der Waals surface area contributed by atoms with Gasteiger partial charge in [0, 0.05) is 18.2 Å². The van der Waals surface area contributed by atoms with Crippen LogP contribution in [0.5, 0.6) is 5.75 Å². The molecule has 9 heteroatoms. The second-order valence-corrected chi connectivity index (χ2v) is 7.10. The Morgan fingerprint density at radius 2 is 1.74 bits per heavy atom. The smallest absolute Gasteiger partial charge is 0.283 e. The number of fused-ring (bicyclic) bond motifs is 1. The van der Waals surface area contributed by atoms with Crippen molar-refractivity contribution in [2.45, 2.75) is 11.8 Å². The average molecular weight is 390 g/mol. The number of ether oxygens (including phenoxy) is 1. The standard InChI is InChI=1S/C11H11N2O3.C7H8O3S/c1-12-7-8(16-2)6-9-10(12)4-3-5-11(9)13(14)15;1-6-2-4-7(5-3-6)11(8,9)10/h3-7H,1-2H3;2-5H,1H3,(H,8,9,10)/q+1;/p-1. The third-order valence-electron chi connectivity index (χ3n) is 3.79. The maximum atomic E-state index is 10.9. The average Bonchev–Trinajstić information content (AvgIpc) is 2.61. The highest BCUT2D eigenvalue weighted by molar-refractivity contribution is 7.85. The molecule has 0 aliphatic rings. The number of benzene rings is 2. The zero-order valence-electron chi connectivity index (χ0n) is 14.9. The van der Waals surface area contributed by atoms with E-state index >= 15 is 0 Å². The fourth-order valence-electron chi connectivity index (χ4n) is 2.41. The number of hydrogen-bond donors (Lipinski definition) is 0. The summed E-state index contributed by atoms with van der Waals surface area (Å²) in [6.07, 6.45) is 1.78. The molecule has 0 bridgehead atoms. The molecule has 0 unspecified atom stereocenters. The summed E-state index contributed by atoms with van der Waals surface area (Å²) in [7, 11) is -0.904. The van der Waals surface area contributed by atoms with Crippen LogP contribution >= 0.6 is 0 Å². The molecule has 0 radical (unpaired) electrons. The molecule has 0 fully saturated rings. The molecular formula is C18H18N2O6S. The molecule has 27 heavy (non-hydrogen) atoms. The summed E-state index contributed by atoms with van der Waals surface area (Å²) in [5.74, 6) is 0.601. The Bertz CT molecular complexity index is 1080. The van der Waals surface area contributed by atoms with Gasteiger partial charge in [-0.1, -0.05) is 17.7 Å². The zero-order valence-corrected chi connectivity index (χ0v) is 15.8. The van der Waals surface area contributed by atoms with Crippen LogP contribution in [0.1, 0.15) is 5.56 Å². The van der Waals surface area contributed by atoms with E-state index < -0.39 is 10.1 Å². The van der Waals surface area contributed by atoms with E-state index in [4.69, 9.17) is 4.74 Å². The van der Waals surface area contributed by atoms with Gasteiger partial charge in [-0.3, -0.25) is 10.1 Å². The molecule has 1 aromatic heterocycles. The Labute approximate surface area is 156 Å². The van der Waals surface area contributed by atoms with Crippen LogP contribution in [-0.4, -0.2) is 25.0 Å². The van der Waals surface area contributed by atoms with Crippen molar-refractivity contribution in [1.82, 2.24) is 0 Å². The van der Waals surface area contributed by atoms with Crippen molar-refractivity contribution < 1.29 is 27.2 Å². The van der Waals surface area contributed by atoms with Crippen LogP contribution in [0.3, 0.4) is 0 Å². The fourth-order valence-corrected chi connectivity index (χ4v) is 2.88. The molecule has 0 N–H and O–H groups in total. The lowest BCUT2D eigenvalue weighted by molar-refractivity contribution is -0.645. The van der Waals surface area contributed by atoms with Gasteiger partial charge in [0.25, 0.3) is 5.69 Å². The van der Waals surface area contributed by atoms with Gasteiger partial charge in [0.1, 0.15) is 22.6 Å². The van der Waals surface area contributed by atoms with Crippen molar-refractivity contribution >= 4 is 26.7 Å². The van der Waals surface area contributed by atoms with Gasteiger partial charge >= 0.3 is 0 Å². The Balaban J connectivity index is 0.000000208.